The molecular formula is C18H22N4O. The highest BCUT2D eigenvalue weighted by atomic mass is 16.2. The number of pyridine rings is 1. The van der Waals surface area contributed by atoms with Gasteiger partial charge in [-0.2, -0.15) is 0 Å². The van der Waals surface area contributed by atoms with E-state index < -0.39 is 0 Å². The van der Waals surface area contributed by atoms with Gasteiger partial charge in [-0.3, -0.25) is 9.69 Å². The molecule has 23 heavy (non-hydrogen) atoms. The lowest BCUT2D eigenvalue weighted by Gasteiger charge is -2.31. The van der Waals surface area contributed by atoms with Crippen molar-refractivity contribution >= 4 is 22.8 Å². The van der Waals surface area contributed by atoms with Crippen LogP contribution in [0.1, 0.15) is 37.8 Å². The van der Waals surface area contributed by atoms with E-state index in [1.807, 2.05) is 12.1 Å². The third-order valence-corrected chi connectivity index (χ3v) is 4.82. The van der Waals surface area contributed by atoms with E-state index in [1.165, 1.54) is 5.56 Å². The second-order valence-electron chi connectivity index (χ2n) is 6.41. The number of nitrogens with one attached hydrogen (secondary N) is 2. The first-order valence-electron chi connectivity index (χ1n) is 8.44. The van der Waals surface area contributed by atoms with Gasteiger partial charge in [-0.1, -0.05) is 19.1 Å². The molecule has 1 fully saturated rings. The summed E-state index contributed by atoms with van der Waals surface area (Å²) in [7, 11) is 0. The third-order valence-electron chi connectivity index (χ3n) is 4.82. The maximum absolute atomic E-state index is 12.0. The maximum Gasteiger partial charge on any atom is 0.228 e. The number of anilines is 1. The van der Waals surface area contributed by atoms with E-state index in [4.69, 9.17) is 4.98 Å². The van der Waals surface area contributed by atoms with Gasteiger partial charge in [0, 0.05) is 30.3 Å². The van der Waals surface area contributed by atoms with Crippen molar-refractivity contribution in [3.8, 4) is 0 Å². The largest absolute Gasteiger partial charge is 0.360 e. The van der Waals surface area contributed by atoms with Gasteiger partial charge in [-0.05, 0) is 37.9 Å². The lowest BCUT2D eigenvalue weighted by atomic mass is 10.0. The Morgan fingerprint density at radius 1 is 1.39 bits per heavy atom. The molecule has 2 aromatic rings. The molecule has 2 N–H and O–H groups in total. The van der Waals surface area contributed by atoms with E-state index in [1.54, 1.807) is 0 Å². The molecule has 1 atom stereocenters. The number of aromatic amines is 1. The van der Waals surface area contributed by atoms with Crippen LogP contribution in [0.15, 0.2) is 30.5 Å². The molecule has 2 aromatic heterocycles. The van der Waals surface area contributed by atoms with Crippen molar-refractivity contribution in [2.24, 2.45) is 5.92 Å². The molecule has 0 aromatic carbocycles. The summed E-state index contributed by atoms with van der Waals surface area (Å²) >= 11 is 0. The molecule has 1 unspecified atom stereocenters. The molecule has 1 aliphatic heterocycles. The third kappa shape index (κ3) is 2.77. The van der Waals surface area contributed by atoms with Crippen LogP contribution in [0.2, 0.25) is 0 Å². The van der Waals surface area contributed by atoms with Gasteiger partial charge >= 0.3 is 0 Å². The number of carbonyl (C=O) groups excluding carboxylic acids is 1. The summed E-state index contributed by atoms with van der Waals surface area (Å²) in [5.41, 5.74) is 3.21. The standard InChI is InChI=1S/C18H22N4O/c1-2-22-10-4-3-5-15(22)13-11-19-14-8-9-16(20-17(13)14)21-18(23)12-6-7-12/h3-4,8-9,11-12,15,19H,2,5-7,10H2,1H3,(H,20,21,23). The topological polar surface area (TPSA) is 61.0 Å². The molecule has 1 aliphatic carbocycles. The predicted octanol–water partition coefficient (Wildman–Crippen LogP) is 3.23. The molecule has 5 nitrogen and oxygen atoms in total. The molecule has 0 radical (unpaired) electrons. The van der Waals surface area contributed by atoms with Crippen molar-refractivity contribution in [2.45, 2.75) is 32.2 Å². The fourth-order valence-electron chi connectivity index (χ4n) is 3.30. The number of hydrogen-bond donors (Lipinski definition) is 2. The van der Waals surface area contributed by atoms with Crippen molar-refractivity contribution in [3.63, 3.8) is 0 Å². The highest BCUT2D eigenvalue weighted by Crippen LogP contribution is 2.33. The molecule has 1 saturated carbocycles. The number of rotatable bonds is 4. The summed E-state index contributed by atoms with van der Waals surface area (Å²) in [6, 6.07) is 4.23. The first kappa shape index (κ1) is 14.5. The molecule has 120 valence electrons. The van der Waals surface area contributed by atoms with Crippen molar-refractivity contribution in [1.29, 1.82) is 0 Å². The number of hydrogen-bond acceptors (Lipinski definition) is 3. The van der Waals surface area contributed by atoms with E-state index in [0.29, 0.717) is 11.9 Å². The van der Waals surface area contributed by atoms with Gasteiger partial charge < -0.3 is 10.3 Å². The van der Waals surface area contributed by atoms with Crippen molar-refractivity contribution < 1.29 is 4.79 Å². The summed E-state index contributed by atoms with van der Waals surface area (Å²) in [6.45, 7) is 4.18. The van der Waals surface area contributed by atoms with Crippen LogP contribution in [0.5, 0.6) is 0 Å². The summed E-state index contributed by atoms with van der Waals surface area (Å²) in [6.07, 6.45) is 9.54. The zero-order chi connectivity index (χ0) is 15.8. The second-order valence-corrected chi connectivity index (χ2v) is 6.41. The summed E-state index contributed by atoms with van der Waals surface area (Å²) in [5, 5.41) is 2.95. The van der Waals surface area contributed by atoms with Gasteiger partial charge in [0.25, 0.3) is 0 Å². The van der Waals surface area contributed by atoms with Gasteiger partial charge in [-0.15, -0.1) is 0 Å². The van der Waals surface area contributed by atoms with E-state index in [9.17, 15) is 4.79 Å². The lowest BCUT2D eigenvalue weighted by molar-refractivity contribution is -0.117. The maximum atomic E-state index is 12.0. The second kappa shape index (κ2) is 5.81. The average Bonchev–Trinajstić information content (AvgIpc) is 3.35. The molecular weight excluding hydrogens is 288 g/mol. The van der Waals surface area contributed by atoms with E-state index in [-0.39, 0.29) is 11.8 Å². The molecule has 5 heteroatoms. The van der Waals surface area contributed by atoms with Gasteiger partial charge in [0.1, 0.15) is 5.82 Å². The highest BCUT2D eigenvalue weighted by molar-refractivity contribution is 5.94. The number of amides is 1. The Morgan fingerprint density at radius 3 is 3.04 bits per heavy atom. The van der Waals surface area contributed by atoms with Crippen LogP contribution in [0, 0.1) is 5.92 Å². The monoisotopic (exact) mass is 310 g/mol. The molecule has 3 heterocycles. The average molecular weight is 310 g/mol. The van der Waals surface area contributed by atoms with Crippen molar-refractivity contribution in [1.82, 2.24) is 14.9 Å². The van der Waals surface area contributed by atoms with Crippen LogP contribution in [0.4, 0.5) is 5.82 Å². The van der Waals surface area contributed by atoms with Crippen LogP contribution in [-0.2, 0) is 4.79 Å². The Balaban J connectivity index is 1.66. The number of carbonyl (C=O) groups is 1. The Labute approximate surface area is 135 Å². The Bertz CT molecular complexity index is 759. The minimum absolute atomic E-state index is 0.102. The molecule has 0 spiro atoms. The fraction of sp³-hybridized carbons (Fsp3) is 0.444. The number of likely N-dealkylation sites (N-methyl/N-ethyl adjacent to an activating group) is 1. The minimum Gasteiger partial charge on any atom is -0.360 e. The van der Waals surface area contributed by atoms with Crippen LogP contribution in [0.25, 0.3) is 11.0 Å². The molecule has 4 rings (SSSR count). The Kier molecular flexibility index (Phi) is 3.65. The Morgan fingerprint density at radius 2 is 2.26 bits per heavy atom. The normalized spacial score (nSPS) is 21.7. The van der Waals surface area contributed by atoms with E-state index >= 15 is 0 Å². The molecule has 0 saturated heterocycles. The van der Waals surface area contributed by atoms with E-state index in [2.05, 4.69) is 40.5 Å². The van der Waals surface area contributed by atoms with Gasteiger partial charge in [0.05, 0.1) is 11.0 Å². The first-order chi connectivity index (χ1) is 11.3. The van der Waals surface area contributed by atoms with Crippen LogP contribution in [-0.4, -0.2) is 33.9 Å². The van der Waals surface area contributed by atoms with Gasteiger partial charge in [0.2, 0.25) is 5.91 Å². The highest BCUT2D eigenvalue weighted by Gasteiger charge is 2.30. The van der Waals surface area contributed by atoms with Crippen LogP contribution < -0.4 is 5.32 Å². The minimum atomic E-state index is 0.102. The molecule has 0 bridgehead atoms. The lowest BCUT2D eigenvalue weighted by Crippen LogP contribution is -2.30. The van der Waals surface area contributed by atoms with Crippen LogP contribution in [0.3, 0.4) is 0 Å². The van der Waals surface area contributed by atoms with Gasteiger partial charge in [-0.25, -0.2) is 4.98 Å². The number of nitrogens with zero attached hydrogens (tertiary/aromatic N) is 2. The summed E-state index contributed by atoms with van der Waals surface area (Å²) in [5.74, 6) is 0.951. The first-order valence-corrected chi connectivity index (χ1v) is 8.44. The zero-order valence-corrected chi connectivity index (χ0v) is 13.4. The van der Waals surface area contributed by atoms with Crippen molar-refractivity contribution in [3.05, 3.63) is 36.0 Å². The summed E-state index contributed by atoms with van der Waals surface area (Å²) in [4.78, 5) is 22.4. The van der Waals surface area contributed by atoms with Gasteiger partial charge in [0.15, 0.2) is 0 Å². The van der Waals surface area contributed by atoms with E-state index in [0.717, 1.165) is 43.4 Å². The smallest absolute Gasteiger partial charge is 0.228 e. The molecule has 1 amide bonds. The zero-order valence-electron chi connectivity index (χ0n) is 13.4. The SMILES string of the molecule is CCN1CC=CCC1c1c[nH]c2ccc(NC(=O)C3CC3)nc12. The predicted molar refractivity (Wildman–Crippen MR) is 91.2 cm³/mol. The molecule has 2 aliphatic rings. The number of aromatic nitrogens is 2. The fourth-order valence-corrected chi connectivity index (χ4v) is 3.30. The number of fused-ring (bicyclic) bond motifs is 1. The van der Waals surface area contributed by atoms with Crippen LogP contribution >= 0.6 is 0 Å². The van der Waals surface area contributed by atoms with Crippen molar-refractivity contribution in [2.75, 3.05) is 18.4 Å². The Hall–Kier alpha value is -2.14. The quantitative estimate of drug-likeness (QED) is 0.852. The number of H-pyrrole nitrogens is 1. The summed E-state index contributed by atoms with van der Waals surface area (Å²) < 4.78 is 0.